The predicted octanol–water partition coefficient (Wildman–Crippen LogP) is 1.93. The number of rotatable bonds is 3. The summed E-state index contributed by atoms with van der Waals surface area (Å²) in [7, 11) is -4.43. The van der Waals surface area contributed by atoms with E-state index in [4.69, 9.17) is 27.8 Å². The summed E-state index contributed by atoms with van der Waals surface area (Å²) in [6, 6.07) is 3.73. The molecule has 82 valence electrons. The Bertz CT molecular complexity index is 500. The molecule has 0 aliphatic heterocycles. The smallest absolute Gasteiger partial charge is 0.276 e. The fourth-order valence-corrected chi connectivity index (χ4v) is 1.65. The lowest BCUT2D eigenvalue weighted by Gasteiger charge is -2.05. The van der Waals surface area contributed by atoms with Gasteiger partial charge >= 0.3 is 10.3 Å². The van der Waals surface area contributed by atoms with E-state index in [9.17, 15) is 13.2 Å². The minimum atomic E-state index is -4.43. The minimum Gasteiger partial charge on any atom is -0.276 e. The van der Waals surface area contributed by atoms with Crippen LogP contribution in [0.2, 0.25) is 5.02 Å². The lowest BCUT2D eigenvalue weighted by Crippen LogP contribution is -2.11. The minimum absolute atomic E-state index is 0.0364. The standard InChI is InChI=1S/C7H5Cl2NO4S/c8-5-2-1-4(7(9)11)3-6(5)10-15(12,13)14/h1-3,10H,(H,12,13,14). The number of hydrogen-bond acceptors (Lipinski definition) is 3. The molecular weight excluding hydrogens is 265 g/mol. The first kappa shape index (κ1) is 12.3. The van der Waals surface area contributed by atoms with Crippen molar-refractivity contribution < 1.29 is 17.8 Å². The van der Waals surface area contributed by atoms with E-state index in [-0.39, 0.29) is 16.3 Å². The van der Waals surface area contributed by atoms with Crippen LogP contribution in [0.25, 0.3) is 0 Å². The lowest BCUT2D eigenvalue weighted by atomic mass is 10.2. The quantitative estimate of drug-likeness (QED) is 0.649. The Morgan fingerprint density at radius 1 is 1.40 bits per heavy atom. The van der Waals surface area contributed by atoms with E-state index in [2.05, 4.69) is 0 Å². The molecule has 15 heavy (non-hydrogen) atoms. The van der Waals surface area contributed by atoms with E-state index < -0.39 is 15.5 Å². The van der Waals surface area contributed by atoms with Crippen LogP contribution >= 0.6 is 23.2 Å². The molecule has 0 fully saturated rings. The molecule has 0 heterocycles. The summed E-state index contributed by atoms with van der Waals surface area (Å²) >= 11 is 10.8. The molecular formula is C7H5Cl2NO4S. The molecule has 0 unspecified atom stereocenters. The van der Waals surface area contributed by atoms with Crippen LogP contribution in [0, 0.1) is 0 Å². The van der Waals surface area contributed by atoms with Crippen molar-refractivity contribution in [3.63, 3.8) is 0 Å². The van der Waals surface area contributed by atoms with Gasteiger partial charge in [-0.3, -0.25) is 14.1 Å². The van der Waals surface area contributed by atoms with Gasteiger partial charge in [0.15, 0.2) is 0 Å². The molecule has 0 saturated carbocycles. The van der Waals surface area contributed by atoms with Crippen LogP contribution in [0.3, 0.4) is 0 Å². The van der Waals surface area contributed by atoms with E-state index in [1.165, 1.54) is 12.1 Å². The van der Waals surface area contributed by atoms with Crippen molar-refractivity contribution in [1.29, 1.82) is 0 Å². The fourth-order valence-electron chi connectivity index (χ4n) is 0.865. The van der Waals surface area contributed by atoms with Gasteiger partial charge in [0.05, 0.1) is 10.7 Å². The molecule has 0 saturated heterocycles. The summed E-state index contributed by atoms with van der Waals surface area (Å²) < 4.78 is 31.2. The van der Waals surface area contributed by atoms with Crippen molar-refractivity contribution in [2.45, 2.75) is 0 Å². The third kappa shape index (κ3) is 3.67. The number of anilines is 1. The van der Waals surface area contributed by atoms with E-state index in [1.54, 1.807) is 4.72 Å². The van der Waals surface area contributed by atoms with Crippen LogP contribution in [-0.2, 0) is 10.3 Å². The summed E-state index contributed by atoms with van der Waals surface area (Å²) in [6.07, 6.45) is 0. The van der Waals surface area contributed by atoms with Crippen molar-refractivity contribution in [3.05, 3.63) is 28.8 Å². The number of halogens is 2. The molecule has 0 spiro atoms. The van der Waals surface area contributed by atoms with Crippen LogP contribution in [0.5, 0.6) is 0 Å². The van der Waals surface area contributed by atoms with Gasteiger partial charge in [-0.05, 0) is 29.8 Å². The van der Waals surface area contributed by atoms with Crippen LogP contribution in [-0.4, -0.2) is 18.2 Å². The molecule has 8 heteroatoms. The van der Waals surface area contributed by atoms with Crippen LogP contribution in [0.4, 0.5) is 5.69 Å². The maximum absolute atomic E-state index is 10.8. The Kier molecular flexibility index (Phi) is 3.56. The molecule has 0 aromatic heterocycles. The number of benzene rings is 1. The van der Waals surface area contributed by atoms with Crippen LogP contribution < -0.4 is 4.72 Å². The second-order valence-corrected chi connectivity index (χ2v) is 4.45. The Morgan fingerprint density at radius 2 is 2.00 bits per heavy atom. The highest BCUT2D eigenvalue weighted by Gasteiger charge is 2.10. The van der Waals surface area contributed by atoms with Crippen molar-refractivity contribution in [2.75, 3.05) is 4.72 Å². The zero-order chi connectivity index (χ0) is 11.6. The van der Waals surface area contributed by atoms with Crippen molar-refractivity contribution in [3.8, 4) is 0 Å². The Balaban J connectivity index is 3.17. The third-order valence-electron chi connectivity index (χ3n) is 1.43. The largest absolute Gasteiger partial charge is 0.357 e. The molecule has 2 N–H and O–H groups in total. The molecule has 0 radical (unpaired) electrons. The number of nitrogens with one attached hydrogen (secondary N) is 1. The van der Waals surface area contributed by atoms with E-state index >= 15 is 0 Å². The zero-order valence-electron chi connectivity index (χ0n) is 7.07. The van der Waals surface area contributed by atoms with E-state index in [0.717, 1.165) is 6.07 Å². The Labute approximate surface area is 95.9 Å². The summed E-state index contributed by atoms with van der Waals surface area (Å²) in [6.45, 7) is 0. The normalized spacial score (nSPS) is 11.1. The van der Waals surface area contributed by atoms with Gasteiger partial charge in [0, 0.05) is 5.56 Å². The topological polar surface area (TPSA) is 83.5 Å². The van der Waals surface area contributed by atoms with Gasteiger partial charge < -0.3 is 0 Å². The number of carbonyl (C=O) groups excluding carboxylic acids is 1. The maximum atomic E-state index is 10.8. The van der Waals surface area contributed by atoms with Crippen molar-refractivity contribution >= 4 is 44.4 Å². The molecule has 1 aromatic rings. The van der Waals surface area contributed by atoms with Gasteiger partial charge in [-0.15, -0.1) is 0 Å². The van der Waals surface area contributed by atoms with Gasteiger partial charge in [-0.25, -0.2) is 0 Å². The van der Waals surface area contributed by atoms with Crippen LogP contribution in [0.1, 0.15) is 10.4 Å². The first-order valence-corrected chi connectivity index (χ1v) is 5.74. The first-order chi connectivity index (χ1) is 6.79. The highest BCUT2D eigenvalue weighted by atomic mass is 35.5. The second kappa shape index (κ2) is 4.36. The number of carbonyl (C=O) groups is 1. The van der Waals surface area contributed by atoms with Gasteiger partial charge in [0.25, 0.3) is 5.24 Å². The van der Waals surface area contributed by atoms with Gasteiger partial charge in [-0.1, -0.05) is 11.6 Å². The summed E-state index contributed by atoms with van der Waals surface area (Å²) in [5.41, 5.74) is -0.0575. The second-order valence-electron chi connectivity index (χ2n) is 2.55. The van der Waals surface area contributed by atoms with Crippen LogP contribution in [0.15, 0.2) is 18.2 Å². The fraction of sp³-hybridized carbons (Fsp3) is 0. The van der Waals surface area contributed by atoms with Gasteiger partial charge in [-0.2, -0.15) is 8.42 Å². The van der Waals surface area contributed by atoms with Gasteiger partial charge in [0.1, 0.15) is 0 Å². The number of hydrogen-bond donors (Lipinski definition) is 2. The van der Waals surface area contributed by atoms with Crippen molar-refractivity contribution in [2.24, 2.45) is 0 Å². The zero-order valence-corrected chi connectivity index (χ0v) is 9.40. The van der Waals surface area contributed by atoms with E-state index in [1.807, 2.05) is 0 Å². The highest BCUT2D eigenvalue weighted by molar-refractivity contribution is 7.87. The molecule has 0 atom stereocenters. The SMILES string of the molecule is O=C(Cl)c1ccc(Cl)c(NS(=O)(=O)O)c1. The molecule has 0 bridgehead atoms. The molecule has 0 amide bonds. The summed E-state index contributed by atoms with van der Waals surface area (Å²) in [4.78, 5) is 10.8. The predicted molar refractivity (Wildman–Crippen MR) is 56.8 cm³/mol. The third-order valence-corrected chi connectivity index (χ3v) is 2.46. The lowest BCUT2D eigenvalue weighted by molar-refractivity contribution is 0.108. The summed E-state index contributed by atoms with van der Waals surface area (Å²) in [5, 5.41) is -0.723. The van der Waals surface area contributed by atoms with Gasteiger partial charge in [0.2, 0.25) is 0 Å². The molecule has 5 nitrogen and oxygen atoms in total. The molecule has 1 aromatic carbocycles. The Hall–Kier alpha value is -0.820. The average molecular weight is 270 g/mol. The molecule has 0 aliphatic rings. The highest BCUT2D eigenvalue weighted by Crippen LogP contribution is 2.24. The maximum Gasteiger partial charge on any atom is 0.357 e. The summed E-state index contributed by atoms with van der Waals surface area (Å²) in [5.74, 6) is 0. The van der Waals surface area contributed by atoms with Crippen molar-refractivity contribution in [1.82, 2.24) is 0 Å². The monoisotopic (exact) mass is 269 g/mol. The average Bonchev–Trinajstić information content (AvgIpc) is 2.06. The molecule has 0 aliphatic carbocycles. The Morgan fingerprint density at radius 3 is 2.47 bits per heavy atom. The first-order valence-electron chi connectivity index (χ1n) is 3.54. The molecule has 1 rings (SSSR count). The van der Waals surface area contributed by atoms with E-state index in [0.29, 0.717) is 0 Å².